The van der Waals surface area contributed by atoms with Crippen LogP contribution in [0.15, 0.2) is 12.4 Å². The van der Waals surface area contributed by atoms with Crippen molar-refractivity contribution < 1.29 is 5.11 Å². The molecule has 4 nitrogen and oxygen atoms in total. The van der Waals surface area contributed by atoms with Crippen molar-refractivity contribution >= 4 is 0 Å². The van der Waals surface area contributed by atoms with Crippen molar-refractivity contribution in [2.24, 2.45) is 0 Å². The molecule has 4 heteroatoms. The van der Waals surface area contributed by atoms with Gasteiger partial charge < -0.3 is 10.4 Å². The average Bonchev–Trinajstić information content (AvgIpc) is 2.61. The molecule has 0 amide bonds. The fraction of sp³-hybridized carbons (Fsp3) is 0.636. The molecule has 1 aromatic rings. The fourth-order valence-corrected chi connectivity index (χ4v) is 2.02. The minimum absolute atomic E-state index is 0.187. The maximum atomic E-state index is 9.63. The van der Waals surface area contributed by atoms with E-state index in [1.54, 1.807) is 6.33 Å². The minimum atomic E-state index is -0.187. The largest absolute Gasteiger partial charge is 0.392 e. The fourth-order valence-electron chi connectivity index (χ4n) is 2.02. The summed E-state index contributed by atoms with van der Waals surface area (Å²) >= 11 is 0. The molecule has 0 saturated heterocycles. The Balaban J connectivity index is 1.87. The molecule has 15 heavy (non-hydrogen) atoms. The standard InChI is InChI=1S/C11H17N3O/c1-8-5-9(14-7-13-8)6-12-10-3-2-4-11(10)15/h5,7,10-12,15H,2-4,6H2,1H3. The minimum Gasteiger partial charge on any atom is -0.392 e. The van der Waals surface area contributed by atoms with Gasteiger partial charge in [-0.25, -0.2) is 9.97 Å². The maximum Gasteiger partial charge on any atom is 0.115 e. The second-order valence-electron chi connectivity index (χ2n) is 4.14. The molecule has 1 heterocycles. The van der Waals surface area contributed by atoms with E-state index in [9.17, 15) is 5.11 Å². The second-order valence-corrected chi connectivity index (χ2v) is 4.14. The lowest BCUT2D eigenvalue weighted by Crippen LogP contribution is -2.35. The Labute approximate surface area is 89.8 Å². The zero-order chi connectivity index (χ0) is 10.7. The van der Waals surface area contributed by atoms with Crippen molar-refractivity contribution in [1.29, 1.82) is 0 Å². The average molecular weight is 207 g/mol. The first-order valence-corrected chi connectivity index (χ1v) is 5.44. The third kappa shape index (κ3) is 2.73. The van der Waals surface area contributed by atoms with E-state index >= 15 is 0 Å². The summed E-state index contributed by atoms with van der Waals surface area (Å²) in [6.45, 7) is 2.67. The Bertz CT molecular complexity index is 329. The molecule has 1 aromatic heterocycles. The highest BCUT2D eigenvalue weighted by Crippen LogP contribution is 2.18. The number of aliphatic hydroxyl groups is 1. The van der Waals surface area contributed by atoms with Crippen LogP contribution in [0.3, 0.4) is 0 Å². The molecule has 82 valence electrons. The van der Waals surface area contributed by atoms with Crippen molar-refractivity contribution in [3.8, 4) is 0 Å². The van der Waals surface area contributed by atoms with E-state index in [2.05, 4.69) is 15.3 Å². The molecular weight excluding hydrogens is 190 g/mol. The SMILES string of the molecule is Cc1cc(CNC2CCCC2O)ncn1. The summed E-state index contributed by atoms with van der Waals surface area (Å²) in [5, 5.41) is 13.0. The number of hydrogen-bond acceptors (Lipinski definition) is 4. The van der Waals surface area contributed by atoms with Gasteiger partial charge in [0.25, 0.3) is 0 Å². The van der Waals surface area contributed by atoms with Crippen LogP contribution in [0, 0.1) is 6.92 Å². The van der Waals surface area contributed by atoms with Gasteiger partial charge in [0.05, 0.1) is 11.8 Å². The van der Waals surface area contributed by atoms with Gasteiger partial charge in [-0.2, -0.15) is 0 Å². The van der Waals surface area contributed by atoms with E-state index in [-0.39, 0.29) is 12.1 Å². The highest BCUT2D eigenvalue weighted by Gasteiger charge is 2.24. The van der Waals surface area contributed by atoms with Crippen LogP contribution in [0.25, 0.3) is 0 Å². The van der Waals surface area contributed by atoms with Crippen molar-refractivity contribution in [1.82, 2.24) is 15.3 Å². The van der Waals surface area contributed by atoms with Crippen LogP contribution in [0.5, 0.6) is 0 Å². The summed E-state index contributed by atoms with van der Waals surface area (Å²) in [5.41, 5.74) is 1.97. The van der Waals surface area contributed by atoms with Crippen molar-refractivity contribution in [2.45, 2.75) is 44.9 Å². The number of aromatic nitrogens is 2. The summed E-state index contributed by atoms with van der Waals surface area (Å²) in [6, 6.07) is 2.20. The van der Waals surface area contributed by atoms with Crippen LogP contribution < -0.4 is 5.32 Å². The molecule has 0 spiro atoms. The lowest BCUT2D eigenvalue weighted by molar-refractivity contribution is 0.148. The zero-order valence-corrected chi connectivity index (χ0v) is 8.98. The van der Waals surface area contributed by atoms with Crippen LogP contribution >= 0.6 is 0 Å². The maximum absolute atomic E-state index is 9.63. The van der Waals surface area contributed by atoms with Gasteiger partial charge >= 0.3 is 0 Å². The Hall–Kier alpha value is -1.00. The number of aryl methyl sites for hydroxylation is 1. The Kier molecular flexibility index (Phi) is 3.28. The molecule has 1 aliphatic rings. The zero-order valence-electron chi connectivity index (χ0n) is 8.98. The van der Waals surface area contributed by atoms with Crippen molar-refractivity contribution in [2.75, 3.05) is 0 Å². The topological polar surface area (TPSA) is 58.0 Å². The van der Waals surface area contributed by atoms with Crippen LogP contribution in [-0.2, 0) is 6.54 Å². The van der Waals surface area contributed by atoms with Gasteiger partial charge in [0, 0.05) is 18.3 Å². The lowest BCUT2D eigenvalue weighted by atomic mass is 10.2. The Morgan fingerprint density at radius 1 is 1.47 bits per heavy atom. The summed E-state index contributed by atoms with van der Waals surface area (Å²) in [4.78, 5) is 8.22. The summed E-state index contributed by atoms with van der Waals surface area (Å²) < 4.78 is 0. The summed E-state index contributed by atoms with van der Waals surface area (Å²) in [6.07, 6.45) is 4.48. The Morgan fingerprint density at radius 3 is 3.00 bits per heavy atom. The molecule has 1 aliphatic carbocycles. The third-order valence-electron chi connectivity index (χ3n) is 2.89. The molecule has 1 fully saturated rings. The van der Waals surface area contributed by atoms with Gasteiger partial charge in [-0.1, -0.05) is 0 Å². The first-order chi connectivity index (χ1) is 7.25. The smallest absolute Gasteiger partial charge is 0.115 e. The highest BCUT2D eigenvalue weighted by atomic mass is 16.3. The number of hydrogen-bond donors (Lipinski definition) is 2. The van der Waals surface area contributed by atoms with E-state index in [0.29, 0.717) is 6.54 Å². The molecule has 2 rings (SSSR count). The number of nitrogens with one attached hydrogen (secondary N) is 1. The van der Waals surface area contributed by atoms with E-state index in [1.165, 1.54) is 0 Å². The quantitative estimate of drug-likeness (QED) is 0.769. The molecule has 0 aliphatic heterocycles. The molecular formula is C11H17N3O. The normalized spacial score (nSPS) is 25.7. The predicted molar refractivity (Wildman–Crippen MR) is 57.3 cm³/mol. The van der Waals surface area contributed by atoms with Gasteiger partial charge in [-0.3, -0.25) is 0 Å². The highest BCUT2D eigenvalue weighted by molar-refractivity contribution is 5.06. The van der Waals surface area contributed by atoms with Crippen LogP contribution in [0.1, 0.15) is 30.7 Å². The van der Waals surface area contributed by atoms with E-state index in [0.717, 1.165) is 30.7 Å². The molecule has 2 N–H and O–H groups in total. The molecule has 1 saturated carbocycles. The van der Waals surface area contributed by atoms with Gasteiger partial charge in [-0.15, -0.1) is 0 Å². The van der Waals surface area contributed by atoms with Gasteiger partial charge in [-0.05, 0) is 32.3 Å². The van der Waals surface area contributed by atoms with E-state index in [4.69, 9.17) is 0 Å². The molecule has 0 bridgehead atoms. The van der Waals surface area contributed by atoms with Crippen molar-refractivity contribution in [3.05, 3.63) is 23.8 Å². The van der Waals surface area contributed by atoms with E-state index < -0.39 is 0 Å². The van der Waals surface area contributed by atoms with Crippen LogP contribution in [0.2, 0.25) is 0 Å². The van der Waals surface area contributed by atoms with Crippen molar-refractivity contribution in [3.63, 3.8) is 0 Å². The van der Waals surface area contributed by atoms with Gasteiger partial charge in [0.15, 0.2) is 0 Å². The summed E-state index contributed by atoms with van der Waals surface area (Å²) in [7, 11) is 0. The van der Waals surface area contributed by atoms with Gasteiger partial charge in [0.2, 0.25) is 0 Å². The number of nitrogens with zero attached hydrogens (tertiary/aromatic N) is 2. The van der Waals surface area contributed by atoms with Gasteiger partial charge in [0.1, 0.15) is 6.33 Å². The first-order valence-electron chi connectivity index (χ1n) is 5.44. The van der Waals surface area contributed by atoms with E-state index in [1.807, 2.05) is 13.0 Å². The monoisotopic (exact) mass is 207 g/mol. The molecule has 2 atom stereocenters. The molecule has 0 aromatic carbocycles. The second kappa shape index (κ2) is 4.68. The third-order valence-corrected chi connectivity index (χ3v) is 2.89. The lowest BCUT2D eigenvalue weighted by Gasteiger charge is -2.15. The number of rotatable bonds is 3. The molecule has 2 unspecified atom stereocenters. The molecule has 0 radical (unpaired) electrons. The first kappa shape index (κ1) is 10.5. The summed E-state index contributed by atoms with van der Waals surface area (Å²) in [5.74, 6) is 0. The number of aliphatic hydroxyl groups excluding tert-OH is 1. The van der Waals surface area contributed by atoms with Crippen LogP contribution in [-0.4, -0.2) is 27.2 Å². The predicted octanol–water partition coefficient (Wildman–Crippen LogP) is 0.788. The van der Waals surface area contributed by atoms with Crippen LogP contribution in [0.4, 0.5) is 0 Å². The Morgan fingerprint density at radius 2 is 2.33 bits per heavy atom.